The van der Waals surface area contributed by atoms with Crippen LogP contribution in [0.15, 0.2) is 78.9 Å². The van der Waals surface area contributed by atoms with Gasteiger partial charge in [-0.3, -0.25) is 15.6 Å². The van der Waals surface area contributed by atoms with Crippen LogP contribution in [0, 0.1) is 0 Å². The number of hydrogen-bond donors (Lipinski definition) is 3. The summed E-state index contributed by atoms with van der Waals surface area (Å²) in [6, 6.07) is 24.6. The van der Waals surface area contributed by atoms with Crippen LogP contribution in [0.3, 0.4) is 0 Å². The van der Waals surface area contributed by atoms with E-state index in [0.717, 1.165) is 28.7 Å². The van der Waals surface area contributed by atoms with E-state index in [2.05, 4.69) is 34.5 Å². The first-order valence-electron chi connectivity index (χ1n) is 9.66. The fourth-order valence-electron chi connectivity index (χ4n) is 3.63. The van der Waals surface area contributed by atoms with Gasteiger partial charge in [0.05, 0.1) is 11.2 Å². The average Bonchev–Trinajstić information content (AvgIpc) is 3.05. The van der Waals surface area contributed by atoms with Crippen LogP contribution in [-0.4, -0.2) is 15.6 Å². The third kappa shape index (κ3) is 3.80. The van der Waals surface area contributed by atoms with E-state index in [9.17, 15) is 9.90 Å². The molecule has 1 heterocycles. The molecule has 0 aliphatic rings. The number of rotatable bonds is 6. The second-order valence-electron chi connectivity index (χ2n) is 6.89. The monoisotopic (exact) mass is 385 g/mol. The van der Waals surface area contributed by atoms with Crippen molar-refractivity contribution in [3.63, 3.8) is 0 Å². The Balaban J connectivity index is 1.72. The molecule has 29 heavy (non-hydrogen) atoms. The molecule has 1 aromatic heterocycles. The third-order valence-corrected chi connectivity index (χ3v) is 5.01. The van der Waals surface area contributed by atoms with Gasteiger partial charge in [-0.1, -0.05) is 55.5 Å². The van der Waals surface area contributed by atoms with Crippen LogP contribution in [0.25, 0.3) is 10.9 Å². The smallest absolute Gasteiger partial charge is 0.269 e. The summed E-state index contributed by atoms with van der Waals surface area (Å²) < 4.78 is 2.22. The van der Waals surface area contributed by atoms with E-state index >= 15 is 0 Å². The maximum absolute atomic E-state index is 12.5. The molecule has 0 aliphatic heterocycles. The number of carbonyl (C=O) groups is 1. The molecule has 0 spiro atoms. The summed E-state index contributed by atoms with van der Waals surface area (Å²) in [6.07, 6.45) is 0.770. The van der Waals surface area contributed by atoms with Crippen LogP contribution in [-0.2, 0) is 13.0 Å². The van der Waals surface area contributed by atoms with Crippen LogP contribution in [0.1, 0.15) is 28.5 Å². The van der Waals surface area contributed by atoms with Crippen molar-refractivity contribution in [2.75, 3.05) is 5.43 Å². The molecular weight excluding hydrogens is 362 g/mol. The predicted octanol–water partition coefficient (Wildman–Crippen LogP) is 4.71. The van der Waals surface area contributed by atoms with Gasteiger partial charge in [0, 0.05) is 23.2 Å². The first kappa shape index (κ1) is 18.6. The molecule has 4 rings (SSSR count). The maximum Gasteiger partial charge on any atom is 0.269 e. The topological polar surface area (TPSA) is 66.3 Å². The van der Waals surface area contributed by atoms with E-state index in [-0.39, 0.29) is 11.7 Å². The quantitative estimate of drug-likeness (QED) is 0.421. The molecule has 0 unspecified atom stereocenters. The number of aromatic nitrogens is 1. The Kier molecular flexibility index (Phi) is 5.20. The molecule has 5 heteroatoms. The molecule has 0 saturated carbocycles. The fraction of sp³-hybridized carbons (Fsp3) is 0.125. The number of nitrogens with zero attached hydrogens (tertiary/aromatic N) is 1. The highest BCUT2D eigenvalue weighted by molar-refractivity contribution is 5.99. The van der Waals surface area contributed by atoms with Gasteiger partial charge in [0.1, 0.15) is 5.75 Å². The number of anilines is 1. The maximum atomic E-state index is 12.5. The number of amides is 1. The lowest BCUT2D eigenvalue weighted by Gasteiger charge is -2.13. The molecule has 3 N–H and O–H groups in total. The molecule has 0 aliphatic carbocycles. The van der Waals surface area contributed by atoms with Crippen molar-refractivity contribution in [1.82, 2.24) is 9.99 Å². The number of carbonyl (C=O) groups excluding carboxylic acids is 1. The highest BCUT2D eigenvalue weighted by Crippen LogP contribution is 2.34. The molecule has 0 bridgehead atoms. The van der Waals surface area contributed by atoms with Gasteiger partial charge in [0.25, 0.3) is 5.91 Å². The Morgan fingerprint density at radius 2 is 1.66 bits per heavy atom. The van der Waals surface area contributed by atoms with Gasteiger partial charge in [-0.25, -0.2) is 0 Å². The Bertz CT molecular complexity index is 1140. The van der Waals surface area contributed by atoms with Gasteiger partial charge in [0.15, 0.2) is 0 Å². The highest BCUT2D eigenvalue weighted by atomic mass is 16.3. The first-order valence-corrected chi connectivity index (χ1v) is 9.66. The molecule has 3 aromatic carbocycles. The largest absolute Gasteiger partial charge is 0.508 e. The van der Waals surface area contributed by atoms with Gasteiger partial charge in [-0.2, -0.15) is 0 Å². The molecule has 0 saturated heterocycles. The second kappa shape index (κ2) is 8.10. The molecule has 0 fully saturated rings. The minimum atomic E-state index is -0.211. The number of aromatic hydroxyl groups is 1. The predicted molar refractivity (Wildman–Crippen MR) is 116 cm³/mol. The third-order valence-electron chi connectivity index (χ3n) is 5.01. The Labute approximate surface area is 169 Å². The van der Waals surface area contributed by atoms with E-state index in [1.54, 1.807) is 24.3 Å². The number of benzene rings is 3. The van der Waals surface area contributed by atoms with Gasteiger partial charge in [0.2, 0.25) is 0 Å². The number of nitrogens with one attached hydrogen (secondary N) is 2. The average molecular weight is 385 g/mol. The van der Waals surface area contributed by atoms with Gasteiger partial charge < -0.3 is 9.67 Å². The summed E-state index contributed by atoms with van der Waals surface area (Å²) in [6.45, 7) is 2.79. The molecule has 1 amide bonds. The van der Waals surface area contributed by atoms with Crippen molar-refractivity contribution < 1.29 is 9.90 Å². The van der Waals surface area contributed by atoms with Crippen LogP contribution in [0.5, 0.6) is 5.75 Å². The number of hydrogen-bond acceptors (Lipinski definition) is 3. The lowest BCUT2D eigenvalue weighted by atomic mass is 10.2. The van der Waals surface area contributed by atoms with Crippen molar-refractivity contribution >= 4 is 22.5 Å². The molecule has 0 atom stereocenters. The first-order chi connectivity index (χ1) is 14.2. The Morgan fingerprint density at radius 1 is 0.966 bits per heavy atom. The van der Waals surface area contributed by atoms with E-state index in [0.29, 0.717) is 12.1 Å². The molecule has 4 aromatic rings. The zero-order chi connectivity index (χ0) is 20.2. The van der Waals surface area contributed by atoms with Crippen LogP contribution >= 0.6 is 0 Å². The highest BCUT2D eigenvalue weighted by Gasteiger charge is 2.17. The number of phenols is 1. The van der Waals surface area contributed by atoms with E-state index in [1.165, 1.54) is 5.56 Å². The number of hydrazine groups is 1. The van der Waals surface area contributed by atoms with Gasteiger partial charge in [-0.15, -0.1) is 0 Å². The lowest BCUT2D eigenvalue weighted by molar-refractivity contribution is 0.0962. The normalized spacial score (nSPS) is 10.8. The summed E-state index contributed by atoms with van der Waals surface area (Å²) in [5.41, 5.74) is 10.5. The van der Waals surface area contributed by atoms with Crippen molar-refractivity contribution in [3.8, 4) is 5.75 Å². The van der Waals surface area contributed by atoms with Gasteiger partial charge >= 0.3 is 0 Å². The SMILES string of the molecule is CCc1c(NNC(=O)c2ccccc2)c2cc(O)ccc2n1Cc1ccccc1. The minimum absolute atomic E-state index is 0.189. The fourth-order valence-corrected chi connectivity index (χ4v) is 3.63. The number of fused-ring (bicyclic) bond motifs is 1. The molecule has 146 valence electrons. The van der Waals surface area contributed by atoms with Crippen molar-refractivity contribution in [2.45, 2.75) is 19.9 Å². The van der Waals surface area contributed by atoms with E-state index in [4.69, 9.17) is 0 Å². The van der Waals surface area contributed by atoms with Crippen molar-refractivity contribution in [1.29, 1.82) is 0 Å². The summed E-state index contributed by atoms with van der Waals surface area (Å²) in [7, 11) is 0. The molecule has 0 radical (unpaired) electrons. The van der Waals surface area contributed by atoms with Crippen LogP contribution in [0.2, 0.25) is 0 Å². The summed E-state index contributed by atoms with van der Waals surface area (Å²) in [5.74, 6) is -0.0220. The van der Waals surface area contributed by atoms with Crippen LogP contribution < -0.4 is 10.9 Å². The number of phenolic OH excluding ortho intramolecular Hbond substituents is 1. The zero-order valence-corrected chi connectivity index (χ0v) is 16.2. The van der Waals surface area contributed by atoms with Gasteiger partial charge in [-0.05, 0) is 42.3 Å². The molecular formula is C24H23N3O2. The Hall–Kier alpha value is -3.73. The van der Waals surface area contributed by atoms with Crippen LogP contribution in [0.4, 0.5) is 5.69 Å². The summed E-state index contributed by atoms with van der Waals surface area (Å²) >= 11 is 0. The second-order valence-corrected chi connectivity index (χ2v) is 6.89. The standard InChI is InChI=1S/C24H23N3O2/c1-2-21-23(25-26-24(29)18-11-7-4-8-12-18)20-15-19(28)13-14-22(20)27(21)16-17-9-5-3-6-10-17/h3-15,25,28H,2,16H2,1H3,(H,26,29). The van der Waals surface area contributed by atoms with E-state index < -0.39 is 0 Å². The van der Waals surface area contributed by atoms with Crippen molar-refractivity contribution in [3.05, 3.63) is 95.7 Å². The molecule has 5 nitrogen and oxygen atoms in total. The van der Waals surface area contributed by atoms with E-state index in [1.807, 2.05) is 42.5 Å². The lowest BCUT2D eigenvalue weighted by Crippen LogP contribution is -2.29. The minimum Gasteiger partial charge on any atom is -0.508 e. The van der Waals surface area contributed by atoms with Crippen molar-refractivity contribution in [2.24, 2.45) is 0 Å². The Morgan fingerprint density at radius 3 is 2.34 bits per heavy atom. The summed E-state index contributed by atoms with van der Waals surface area (Å²) in [5, 5.41) is 10.9. The zero-order valence-electron chi connectivity index (χ0n) is 16.2. The summed E-state index contributed by atoms with van der Waals surface area (Å²) in [4.78, 5) is 12.5.